The standard InChI is InChI=1S/C14H17FN4O/c15-11-5-10(6-16)14(17-7-11)18-3-4-19-12(8-18)1-2-13(19)9-20/h5,7,12-13,20H,1-4,8-9H2. The molecule has 106 valence electrons. The largest absolute Gasteiger partial charge is 0.395 e. The molecule has 1 aromatic heterocycles. The van der Waals surface area contributed by atoms with Gasteiger partial charge in [-0.3, -0.25) is 4.90 Å². The molecular formula is C14H17FN4O. The van der Waals surface area contributed by atoms with Crippen molar-refractivity contribution in [2.45, 2.75) is 24.9 Å². The van der Waals surface area contributed by atoms with Gasteiger partial charge in [-0.1, -0.05) is 0 Å². The minimum absolute atomic E-state index is 0.203. The van der Waals surface area contributed by atoms with Gasteiger partial charge in [-0.2, -0.15) is 5.26 Å². The van der Waals surface area contributed by atoms with Crippen LogP contribution in [0.2, 0.25) is 0 Å². The number of nitriles is 1. The van der Waals surface area contributed by atoms with Crippen molar-refractivity contribution in [2.24, 2.45) is 0 Å². The molecule has 20 heavy (non-hydrogen) atoms. The smallest absolute Gasteiger partial charge is 0.146 e. The third-order valence-electron chi connectivity index (χ3n) is 4.29. The highest BCUT2D eigenvalue weighted by Crippen LogP contribution is 2.29. The van der Waals surface area contributed by atoms with E-state index in [4.69, 9.17) is 5.26 Å². The van der Waals surface area contributed by atoms with Gasteiger partial charge in [0.2, 0.25) is 0 Å². The molecule has 2 saturated heterocycles. The molecule has 0 radical (unpaired) electrons. The average Bonchev–Trinajstić information content (AvgIpc) is 2.89. The third kappa shape index (κ3) is 2.23. The van der Waals surface area contributed by atoms with Crippen molar-refractivity contribution in [1.82, 2.24) is 9.88 Å². The van der Waals surface area contributed by atoms with Crippen molar-refractivity contribution in [3.63, 3.8) is 0 Å². The molecule has 1 aromatic rings. The van der Waals surface area contributed by atoms with E-state index in [1.165, 1.54) is 6.07 Å². The van der Waals surface area contributed by atoms with Gasteiger partial charge >= 0.3 is 0 Å². The first-order valence-electron chi connectivity index (χ1n) is 6.90. The van der Waals surface area contributed by atoms with Gasteiger partial charge in [0.1, 0.15) is 17.7 Å². The number of aliphatic hydroxyl groups is 1. The number of aromatic nitrogens is 1. The Kier molecular flexibility index (Phi) is 3.55. The predicted octanol–water partition coefficient (Wildman–Crippen LogP) is 0.738. The number of anilines is 1. The number of pyridine rings is 1. The monoisotopic (exact) mass is 276 g/mol. The highest BCUT2D eigenvalue weighted by Gasteiger charge is 2.37. The Balaban J connectivity index is 1.79. The summed E-state index contributed by atoms with van der Waals surface area (Å²) in [6.07, 6.45) is 3.22. The molecule has 2 unspecified atom stereocenters. The van der Waals surface area contributed by atoms with Gasteiger partial charge in [-0.25, -0.2) is 9.37 Å². The summed E-state index contributed by atoms with van der Waals surface area (Å²) in [7, 11) is 0. The number of rotatable bonds is 2. The number of halogens is 1. The molecule has 2 aliphatic heterocycles. The van der Waals surface area contributed by atoms with Crippen molar-refractivity contribution in [3.8, 4) is 6.07 Å². The van der Waals surface area contributed by atoms with E-state index in [-0.39, 0.29) is 18.2 Å². The lowest BCUT2D eigenvalue weighted by atomic mass is 10.1. The zero-order chi connectivity index (χ0) is 14.1. The fourth-order valence-electron chi connectivity index (χ4n) is 3.31. The van der Waals surface area contributed by atoms with Crippen LogP contribution in [0.25, 0.3) is 0 Å². The van der Waals surface area contributed by atoms with Gasteiger partial charge in [-0.05, 0) is 18.9 Å². The van der Waals surface area contributed by atoms with Gasteiger partial charge in [-0.15, -0.1) is 0 Å². The second kappa shape index (κ2) is 5.35. The fourth-order valence-corrected chi connectivity index (χ4v) is 3.31. The molecule has 6 heteroatoms. The van der Waals surface area contributed by atoms with Crippen molar-refractivity contribution < 1.29 is 9.50 Å². The van der Waals surface area contributed by atoms with Crippen LogP contribution in [0.5, 0.6) is 0 Å². The van der Waals surface area contributed by atoms with E-state index >= 15 is 0 Å². The molecule has 2 fully saturated rings. The maximum atomic E-state index is 13.1. The Morgan fingerprint density at radius 2 is 2.30 bits per heavy atom. The van der Waals surface area contributed by atoms with Crippen LogP contribution in [0.4, 0.5) is 10.2 Å². The van der Waals surface area contributed by atoms with E-state index in [9.17, 15) is 9.50 Å². The number of aliphatic hydroxyl groups excluding tert-OH is 1. The van der Waals surface area contributed by atoms with E-state index in [0.717, 1.165) is 38.7 Å². The van der Waals surface area contributed by atoms with Crippen LogP contribution in [-0.4, -0.2) is 53.3 Å². The number of nitrogens with zero attached hydrogens (tertiary/aromatic N) is 4. The third-order valence-corrected chi connectivity index (χ3v) is 4.29. The van der Waals surface area contributed by atoms with Crippen molar-refractivity contribution in [3.05, 3.63) is 23.6 Å². The molecule has 0 amide bonds. The Labute approximate surface area is 117 Å². The summed E-state index contributed by atoms with van der Waals surface area (Å²) in [5.41, 5.74) is 0.287. The van der Waals surface area contributed by atoms with Crippen LogP contribution in [0.15, 0.2) is 12.3 Å². The minimum atomic E-state index is -0.481. The molecule has 0 saturated carbocycles. The van der Waals surface area contributed by atoms with Crippen LogP contribution >= 0.6 is 0 Å². The van der Waals surface area contributed by atoms with Gasteiger partial charge < -0.3 is 10.0 Å². The zero-order valence-corrected chi connectivity index (χ0v) is 11.2. The SMILES string of the molecule is N#Cc1cc(F)cnc1N1CCN2C(CO)CCC2C1. The molecule has 2 aliphatic rings. The Morgan fingerprint density at radius 1 is 1.45 bits per heavy atom. The summed E-state index contributed by atoms with van der Waals surface area (Å²) in [4.78, 5) is 8.48. The van der Waals surface area contributed by atoms with Gasteiger partial charge in [0.15, 0.2) is 0 Å². The van der Waals surface area contributed by atoms with Crippen LogP contribution in [0.1, 0.15) is 18.4 Å². The average molecular weight is 276 g/mol. The summed E-state index contributed by atoms with van der Waals surface area (Å²) in [5.74, 6) is 0.0890. The molecule has 0 bridgehead atoms. The highest BCUT2D eigenvalue weighted by atomic mass is 19.1. The Morgan fingerprint density at radius 3 is 3.05 bits per heavy atom. The van der Waals surface area contributed by atoms with Crippen LogP contribution in [-0.2, 0) is 0 Å². The van der Waals surface area contributed by atoms with E-state index in [0.29, 0.717) is 11.9 Å². The maximum absolute atomic E-state index is 13.1. The van der Waals surface area contributed by atoms with E-state index in [1.807, 2.05) is 6.07 Å². The predicted molar refractivity (Wildman–Crippen MR) is 71.7 cm³/mol. The summed E-state index contributed by atoms with van der Waals surface area (Å²) < 4.78 is 13.1. The quantitative estimate of drug-likeness (QED) is 0.863. The molecule has 0 aromatic carbocycles. The number of fused-ring (bicyclic) bond motifs is 1. The van der Waals surface area contributed by atoms with Crippen molar-refractivity contribution >= 4 is 5.82 Å². The zero-order valence-electron chi connectivity index (χ0n) is 11.2. The summed E-state index contributed by atoms with van der Waals surface area (Å²) in [6, 6.07) is 3.90. The molecule has 3 rings (SSSR count). The summed E-state index contributed by atoms with van der Waals surface area (Å²) in [6.45, 7) is 2.58. The summed E-state index contributed by atoms with van der Waals surface area (Å²) in [5, 5.41) is 18.5. The second-order valence-corrected chi connectivity index (χ2v) is 5.39. The van der Waals surface area contributed by atoms with Gasteiger partial charge in [0.05, 0.1) is 18.4 Å². The number of hydrogen-bond acceptors (Lipinski definition) is 5. The number of piperazine rings is 1. The molecule has 3 heterocycles. The molecule has 0 spiro atoms. The normalized spacial score (nSPS) is 26.4. The van der Waals surface area contributed by atoms with Gasteiger partial charge in [0, 0.05) is 31.7 Å². The van der Waals surface area contributed by atoms with E-state index in [1.54, 1.807) is 0 Å². The lowest BCUT2D eigenvalue weighted by molar-refractivity contribution is 0.120. The topological polar surface area (TPSA) is 63.4 Å². The van der Waals surface area contributed by atoms with Crippen molar-refractivity contribution in [2.75, 3.05) is 31.1 Å². The minimum Gasteiger partial charge on any atom is -0.395 e. The first-order chi connectivity index (χ1) is 9.72. The molecular weight excluding hydrogens is 259 g/mol. The highest BCUT2D eigenvalue weighted by molar-refractivity contribution is 5.54. The fraction of sp³-hybridized carbons (Fsp3) is 0.571. The Bertz CT molecular complexity index is 544. The number of hydrogen-bond donors (Lipinski definition) is 1. The van der Waals surface area contributed by atoms with E-state index < -0.39 is 5.82 Å². The Hall–Kier alpha value is -1.71. The molecule has 5 nitrogen and oxygen atoms in total. The lowest BCUT2D eigenvalue weighted by Crippen LogP contribution is -2.53. The van der Waals surface area contributed by atoms with Crippen LogP contribution < -0.4 is 4.90 Å². The van der Waals surface area contributed by atoms with E-state index in [2.05, 4.69) is 14.8 Å². The molecule has 1 N–H and O–H groups in total. The molecule has 2 atom stereocenters. The maximum Gasteiger partial charge on any atom is 0.146 e. The first-order valence-corrected chi connectivity index (χ1v) is 6.90. The second-order valence-electron chi connectivity index (χ2n) is 5.39. The first kappa shape index (κ1) is 13.3. The lowest BCUT2D eigenvalue weighted by Gasteiger charge is -2.40. The molecule has 0 aliphatic carbocycles. The van der Waals surface area contributed by atoms with Crippen molar-refractivity contribution in [1.29, 1.82) is 5.26 Å². The van der Waals surface area contributed by atoms with Crippen LogP contribution in [0.3, 0.4) is 0 Å². The van der Waals surface area contributed by atoms with Gasteiger partial charge in [0.25, 0.3) is 0 Å². The summed E-state index contributed by atoms with van der Waals surface area (Å²) >= 11 is 0. The van der Waals surface area contributed by atoms with Crippen LogP contribution in [0, 0.1) is 17.1 Å².